The Morgan fingerprint density at radius 1 is 1.23 bits per heavy atom. The van der Waals surface area contributed by atoms with Crippen molar-refractivity contribution in [3.8, 4) is 17.6 Å². The highest BCUT2D eigenvalue weighted by Gasteiger charge is 2.30. The summed E-state index contributed by atoms with van der Waals surface area (Å²) in [6.07, 6.45) is 3.37. The molecule has 1 fully saturated rings. The number of rotatable bonds is 6. The van der Waals surface area contributed by atoms with E-state index in [9.17, 15) is 4.79 Å². The fraction of sp³-hybridized carbons (Fsp3) is 0.412. The summed E-state index contributed by atoms with van der Waals surface area (Å²) < 4.78 is 21.5. The van der Waals surface area contributed by atoms with Crippen LogP contribution in [-0.4, -0.2) is 60.4 Å². The summed E-state index contributed by atoms with van der Waals surface area (Å²) in [5.41, 5.74) is 0.116. The van der Waals surface area contributed by atoms with Gasteiger partial charge < -0.3 is 24.3 Å². The summed E-state index contributed by atoms with van der Waals surface area (Å²) in [6, 6.07) is 5.09. The Kier molecular flexibility index (Phi) is 5.80. The van der Waals surface area contributed by atoms with Gasteiger partial charge in [0.15, 0.2) is 5.69 Å². The zero-order valence-corrected chi connectivity index (χ0v) is 14.5. The smallest absolute Gasteiger partial charge is 0.278 e. The van der Waals surface area contributed by atoms with Crippen molar-refractivity contribution in [2.24, 2.45) is 0 Å². The molecular formula is C17H20N4O5. The van der Waals surface area contributed by atoms with Gasteiger partial charge in [0, 0.05) is 18.7 Å². The van der Waals surface area contributed by atoms with Gasteiger partial charge in [0.05, 0.1) is 39.7 Å². The highest BCUT2D eigenvalue weighted by Crippen LogP contribution is 2.21. The summed E-state index contributed by atoms with van der Waals surface area (Å²) in [5.74, 6) is 0.455. The first-order valence-electron chi connectivity index (χ1n) is 8.12. The largest absolute Gasteiger partial charge is 0.477 e. The fourth-order valence-electron chi connectivity index (χ4n) is 2.55. The van der Waals surface area contributed by atoms with Crippen LogP contribution in [0.3, 0.4) is 0 Å². The maximum Gasteiger partial charge on any atom is 0.278 e. The molecule has 0 radical (unpaired) electrons. The lowest BCUT2D eigenvalue weighted by Gasteiger charge is -2.31. The Morgan fingerprint density at radius 2 is 2.08 bits per heavy atom. The Morgan fingerprint density at radius 3 is 2.81 bits per heavy atom. The van der Waals surface area contributed by atoms with Crippen LogP contribution in [0.2, 0.25) is 0 Å². The lowest BCUT2D eigenvalue weighted by molar-refractivity contribution is -0.00456. The number of hydrogen-bond donors (Lipinski definition) is 1. The molecule has 0 spiro atoms. The first-order chi connectivity index (χ1) is 12.7. The summed E-state index contributed by atoms with van der Waals surface area (Å²) >= 11 is 0. The van der Waals surface area contributed by atoms with Crippen molar-refractivity contribution in [3.63, 3.8) is 0 Å². The highest BCUT2D eigenvalue weighted by atomic mass is 16.5. The number of carbonyl (C=O) groups excluding carboxylic acids is 1. The molecule has 0 bridgehead atoms. The van der Waals surface area contributed by atoms with E-state index in [1.807, 2.05) is 12.1 Å². The van der Waals surface area contributed by atoms with Gasteiger partial charge in [-0.25, -0.2) is 15.0 Å². The third kappa shape index (κ3) is 4.17. The number of hydrogen-bond acceptors (Lipinski definition) is 8. The van der Waals surface area contributed by atoms with Crippen LogP contribution in [0.1, 0.15) is 16.9 Å². The molecule has 0 aliphatic carbocycles. The molecule has 0 aromatic carbocycles. The van der Waals surface area contributed by atoms with Gasteiger partial charge >= 0.3 is 0 Å². The lowest BCUT2D eigenvalue weighted by atomic mass is 10.1. The van der Waals surface area contributed by atoms with E-state index < -0.39 is 5.91 Å². The van der Waals surface area contributed by atoms with E-state index in [0.717, 1.165) is 0 Å². The number of nitrogens with one attached hydrogen (secondary N) is 1. The minimum atomic E-state index is -0.399. The molecule has 2 aromatic heterocycles. The van der Waals surface area contributed by atoms with E-state index in [1.165, 1.54) is 20.4 Å². The summed E-state index contributed by atoms with van der Waals surface area (Å²) in [5, 5.41) is 2.88. The topological polar surface area (TPSA) is 105 Å². The molecule has 3 heterocycles. The summed E-state index contributed by atoms with van der Waals surface area (Å²) in [4.78, 5) is 24.8. The van der Waals surface area contributed by atoms with Crippen LogP contribution in [0, 0.1) is 0 Å². The molecule has 26 heavy (non-hydrogen) atoms. The van der Waals surface area contributed by atoms with Crippen LogP contribution in [0.25, 0.3) is 0 Å². The van der Waals surface area contributed by atoms with E-state index in [0.29, 0.717) is 25.5 Å². The van der Waals surface area contributed by atoms with Gasteiger partial charge in [-0.1, -0.05) is 6.07 Å². The monoisotopic (exact) mass is 360 g/mol. The third-order valence-corrected chi connectivity index (χ3v) is 3.85. The number of ether oxygens (including phenoxy) is 4. The minimum absolute atomic E-state index is 0.116. The first-order valence-corrected chi connectivity index (χ1v) is 8.12. The predicted molar refractivity (Wildman–Crippen MR) is 90.5 cm³/mol. The van der Waals surface area contributed by atoms with Gasteiger partial charge in [-0.15, -0.1) is 0 Å². The quantitative estimate of drug-likeness (QED) is 0.809. The van der Waals surface area contributed by atoms with Crippen LogP contribution in [0.15, 0.2) is 30.6 Å². The molecule has 1 saturated heterocycles. The number of methoxy groups -OCH3 is 2. The second-order valence-electron chi connectivity index (χ2n) is 5.54. The zero-order chi connectivity index (χ0) is 18.4. The molecule has 3 rings (SSSR count). The molecule has 0 saturated carbocycles. The van der Waals surface area contributed by atoms with Gasteiger partial charge in [0.1, 0.15) is 6.10 Å². The molecule has 9 heteroatoms. The van der Waals surface area contributed by atoms with Crippen LogP contribution in [0.5, 0.6) is 17.6 Å². The van der Waals surface area contributed by atoms with E-state index >= 15 is 0 Å². The van der Waals surface area contributed by atoms with Gasteiger partial charge in [-0.3, -0.25) is 4.79 Å². The molecule has 1 aliphatic heterocycles. The Hall–Kier alpha value is -2.94. The van der Waals surface area contributed by atoms with Gasteiger partial charge in [-0.2, -0.15) is 0 Å². The lowest BCUT2D eigenvalue weighted by Crippen LogP contribution is -2.52. The molecule has 1 N–H and O–H groups in total. The van der Waals surface area contributed by atoms with Crippen LogP contribution in [-0.2, 0) is 4.74 Å². The van der Waals surface area contributed by atoms with Crippen molar-refractivity contribution < 1.29 is 23.7 Å². The summed E-state index contributed by atoms with van der Waals surface area (Å²) in [7, 11) is 2.88. The van der Waals surface area contributed by atoms with Crippen molar-refractivity contribution >= 4 is 5.91 Å². The normalized spacial score (nSPS) is 19.5. The minimum Gasteiger partial charge on any atom is -0.477 e. The molecule has 1 aliphatic rings. The Balaban J connectivity index is 1.70. The van der Waals surface area contributed by atoms with E-state index in [4.69, 9.17) is 18.9 Å². The van der Waals surface area contributed by atoms with Gasteiger partial charge in [-0.05, 0) is 6.07 Å². The Labute approximate surface area is 150 Å². The highest BCUT2D eigenvalue weighted by molar-refractivity contribution is 5.92. The van der Waals surface area contributed by atoms with Crippen molar-refractivity contribution in [1.82, 2.24) is 20.3 Å². The molecule has 138 valence electrons. The number of nitrogens with zero attached hydrogens (tertiary/aromatic N) is 3. The molecule has 0 unspecified atom stereocenters. The SMILES string of the molecule is COc1ncc(C(=O)N[C@@H]2COCC[C@H]2Oc2ccccn2)nc1OC. The maximum atomic E-state index is 12.5. The molecule has 2 aromatic rings. The molecule has 2 atom stereocenters. The number of carbonyl (C=O) groups is 1. The fourth-order valence-corrected chi connectivity index (χ4v) is 2.55. The molecule has 1 amide bonds. The maximum absolute atomic E-state index is 12.5. The van der Waals surface area contributed by atoms with E-state index in [1.54, 1.807) is 12.3 Å². The third-order valence-electron chi connectivity index (χ3n) is 3.85. The van der Waals surface area contributed by atoms with E-state index in [-0.39, 0.29) is 29.6 Å². The Bertz CT molecular complexity index is 743. The predicted octanol–water partition coefficient (Wildman–Crippen LogP) is 0.855. The zero-order valence-electron chi connectivity index (χ0n) is 14.5. The average molecular weight is 360 g/mol. The second kappa shape index (κ2) is 8.43. The van der Waals surface area contributed by atoms with Crippen LogP contribution in [0.4, 0.5) is 0 Å². The van der Waals surface area contributed by atoms with Crippen LogP contribution < -0.4 is 19.5 Å². The molecule has 9 nitrogen and oxygen atoms in total. The second-order valence-corrected chi connectivity index (χ2v) is 5.54. The standard InChI is InChI=1S/C17H20N4O5/c1-23-16-17(24-2)21-11(9-19-16)15(22)20-12-10-25-8-6-13(12)26-14-5-3-4-7-18-14/h3-5,7,9,12-13H,6,8,10H2,1-2H3,(H,20,22)/t12-,13-/m1/s1. The van der Waals surface area contributed by atoms with Gasteiger partial charge in [0.2, 0.25) is 5.88 Å². The van der Waals surface area contributed by atoms with Crippen molar-refractivity contribution in [2.75, 3.05) is 27.4 Å². The summed E-state index contributed by atoms with van der Waals surface area (Å²) in [6.45, 7) is 0.893. The van der Waals surface area contributed by atoms with E-state index in [2.05, 4.69) is 20.3 Å². The number of pyridine rings is 1. The number of amides is 1. The number of aromatic nitrogens is 3. The average Bonchev–Trinajstić information content (AvgIpc) is 2.69. The first kappa shape index (κ1) is 17.9. The molecular weight excluding hydrogens is 340 g/mol. The van der Waals surface area contributed by atoms with Crippen molar-refractivity contribution in [2.45, 2.75) is 18.6 Å². The van der Waals surface area contributed by atoms with Crippen molar-refractivity contribution in [3.05, 3.63) is 36.3 Å². The van der Waals surface area contributed by atoms with Gasteiger partial charge in [0.25, 0.3) is 17.7 Å². The van der Waals surface area contributed by atoms with Crippen molar-refractivity contribution in [1.29, 1.82) is 0 Å². The van der Waals surface area contributed by atoms with Crippen LogP contribution >= 0.6 is 0 Å².